The maximum Gasteiger partial charge on any atom is 0.269 e. The van der Waals surface area contributed by atoms with Gasteiger partial charge in [-0.2, -0.15) is 0 Å². The Morgan fingerprint density at radius 2 is 1.79 bits per heavy atom. The molecule has 132 valence electrons. The van der Waals surface area contributed by atoms with Crippen molar-refractivity contribution in [2.75, 3.05) is 13.1 Å². The van der Waals surface area contributed by atoms with Crippen LogP contribution in [0.3, 0.4) is 0 Å². The highest BCUT2D eigenvalue weighted by molar-refractivity contribution is 7.89. The molecule has 4 N–H and O–H groups in total. The summed E-state index contributed by atoms with van der Waals surface area (Å²) in [7, 11) is -3.79. The second kappa shape index (κ2) is 7.24. The Morgan fingerprint density at radius 3 is 2.33 bits per heavy atom. The molecule has 1 aromatic carbocycles. The number of sulfonamides is 1. The van der Waals surface area contributed by atoms with E-state index >= 15 is 0 Å². The summed E-state index contributed by atoms with van der Waals surface area (Å²) in [4.78, 5) is 21.9. The highest BCUT2D eigenvalue weighted by atomic mass is 32.2. The van der Waals surface area contributed by atoms with Crippen molar-refractivity contribution in [3.05, 3.63) is 34.4 Å². The maximum absolute atomic E-state index is 12.1. The van der Waals surface area contributed by atoms with Crippen LogP contribution in [0.2, 0.25) is 0 Å². The lowest BCUT2D eigenvalue weighted by Gasteiger charge is -2.22. The molecule has 0 atom stereocenters. The first-order chi connectivity index (χ1) is 11.2. The SMILES string of the molecule is NC1(C(=O)NCCNS(=O)(=O)c2ccc([N+](=O)[O-])cc2)CCCC1. The average molecular weight is 356 g/mol. The van der Waals surface area contributed by atoms with Crippen molar-refractivity contribution in [1.82, 2.24) is 10.0 Å². The number of non-ortho nitro benzene ring substituents is 1. The zero-order chi connectivity index (χ0) is 17.8. The van der Waals surface area contributed by atoms with Crippen LogP contribution in [0.4, 0.5) is 5.69 Å². The van der Waals surface area contributed by atoms with Crippen LogP contribution in [0, 0.1) is 10.1 Å². The van der Waals surface area contributed by atoms with Crippen molar-refractivity contribution in [3.8, 4) is 0 Å². The summed E-state index contributed by atoms with van der Waals surface area (Å²) >= 11 is 0. The number of hydrogen-bond acceptors (Lipinski definition) is 6. The Hall–Kier alpha value is -2.04. The largest absolute Gasteiger partial charge is 0.353 e. The first-order valence-corrected chi connectivity index (χ1v) is 9.04. The van der Waals surface area contributed by atoms with Gasteiger partial charge in [-0.25, -0.2) is 13.1 Å². The summed E-state index contributed by atoms with van der Waals surface area (Å²) in [5.74, 6) is -0.269. The molecule has 0 spiro atoms. The molecule has 0 heterocycles. The van der Waals surface area contributed by atoms with Gasteiger partial charge < -0.3 is 11.1 Å². The molecule has 10 heteroatoms. The Balaban J connectivity index is 1.84. The lowest BCUT2D eigenvalue weighted by atomic mass is 9.98. The van der Waals surface area contributed by atoms with E-state index in [9.17, 15) is 23.3 Å². The van der Waals surface area contributed by atoms with E-state index in [1.54, 1.807) is 0 Å². The van der Waals surface area contributed by atoms with E-state index in [1.165, 1.54) is 0 Å². The molecular formula is C14H20N4O5S. The van der Waals surface area contributed by atoms with Gasteiger partial charge in [-0.1, -0.05) is 12.8 Å². The van der Waals surface area contributed by atoms with Crippen molar-refractivity contribution < 1.29 is 18.1 Å². The molecule has 0 aliphatic heterocycles. The number of rotatable bonds is 7. The summed E-state index contributed by atoms with van der Waals surface area (Å²) in [5.41, 5.74) is 4.96. The van der Waals surface area contributed by atoms with E-state index < -0.39 is 20.5 Å². The molecule has 0 aromatic heterocycles. The maximum atomic E-state index is 12.1. The van der Waals surface area contributed by atoms with Crippen LogP contribution < -0.4 is 15.8 Å². The lowest BCUT2D eigenvalue weighted by Crippen LogP contribution is -2.53. The summed E-state index contributed by atoms with van der Waals surface area (Å²) in [6.45, 7) is 0.116. The van der Waals surface area contributed by atoms with E-state index in [0.717, 1.165) is 37.1 Å². The molecule has 0 radical (unpaired) electrons. The molecule has 1 aliphatic rings. The average Bonchev–Trinajstić information content (AvgIpc) is 2.99. The van der Waals surface area contributed by atoms with E-state index in [4.69, 9.17) is 5.73 Å². The molecule has 0 saturated heterocycles. The van der Waals surface area contributed by atoms with Gasteiger partial charge in [0.1, 0.15) is 0 Å². The second-order valence-corrected chi connectivity index (χ2v) is 7.53. The monoisotopic (exact) mass is 356 g/mol. The van der Waals surface area contributed by atoms with E-state index in [1.807, 2.05) is 0 Å². The third-order valence-corrected chi connectivity index (χ3v) is 5.49. The van der Waals surface area contributed by atoms with Gasteiger partial charge in [-0.3, -0.25) is 14.9 Å². The van der Waals surface area contributed by atoms with Crippen molar-refractivity contribution in [2.24, 2.45) is 5.73 Å². The number of carbonyl (C=O) groups is 1. The fourth-order valence-corrected chi connectivity index (χ4v) is 3.63. The second-order valence-electron chi connectivity index (χ2n) is 5.77. The Bertz CT molecular complexity index is 711. The smallest absolute Gasteiger partial charge is 0.269 e. The molecule has 24 heavy (non-hydrogen) atoms. The van der Waals surface area contributed by atoms with Gasteiger partial charge in [-0.05, 0) is 25.0 Å². The summed E-state index contributed by atoms with van der Waals surface area (Å²) in [6, 6.07) is 4.56. The predicted octanol–water partition coefficient (Wildman–Crippen LogP) is 0.261. The van der Waals surface area contributed by atoms with Gasteiger partial charge in [0.2, 0.25) is 15.9 Å². The topological polar surface area (TPSA) is 144 Å². The van der Waals surface area contributed by atoms with Crippen molar-refractivity contribution >= 4 is 21.6 Å². The van der Waals surface area contributed by atoms with Gasteiger partial charge in [-0.15, -0.1) is 0 Å². The molecule has 2 rings (SSSR count). The van der Waals surface area contributed by atoms with Crippen molar-refractivity contribution in [3.63, 3.8) is 0 Å². The molecule has 1 aromatic rings. The van der Waals surface area contributed by atoms with Crippen LogP contribution in [-0.4, -0.2) is 37.9 Å². The van der Waals surface area contributed by atoms with Gasteiger partial charge in [0.15, 0.2) is 0 Å². The minimum Gasteiger partial charge on any atom is -0.353 e. The summed E-state index contributed by atoms with van der Waals surface area (Å²) in [5, 5.41) is 13.2. The van der Waals surface area contributed by atoms with Crippen LogP contribution in [0.15, 0.2) is 29.2 Å². The molecule has 1 amide bonds. The van der Waals surface area contributed by atoms with Gasteiger partial charge >= 0.3 is 0 Å². The van der Waals surface area contributed by atoms with E-state index in [2.05, 4.69) is 10.0 Å². The number of nitro groups is 1. The first kappa shape index (κ1) is 18.3. The summed E-state index contributed by atoms with van der Waals surface area (Å²) in [6.07, 6.45) is 3.09. The Kier molecular flexibility index (Phi) is 5.52. The Morgan fingerprint density at radius 1 is 1.21 bits per heavy atom. The van der Waals surface area contributed by atoms with Crippen LogP contribution >= 0.6 is 0 Å². The van der Waals surface area contributed by atoms with Crippen LogP contribution in [0.25, 0.3) is 0 Å². The lowest BCUT2D eigenvalue weighted by molar-refractivity contribution is -0.384. The minimum atomic E-state index is -3.79. The molecule has 1 saturated carbocycles. The number of nitrogens with two attached hydrogens (primary N) is 1. The normalized spacial score (nSPS) is 16.7. The first-order valence-electron chi connectivity index (χ1n) is 7.56. The minimum absolute atomic E-state index is 0.00113. The highest BCUT2D eigenvalue weighted by Crippen LogP contribution is 2.27. The van der Waals surface area contributed by atoms with Gasteiger partial charge in [0.05, 0.1) is 15.4 Å². The molecule has 0 bridgehead atoms. The van der Waals surface area contributed by atoms with Crippen LogP contribution in [0.5, 0.6) is 0 Å². The van der Waals surface area contributed by atoms with Crippen molar-refractivity contribution in [2.45, 2.75) is 36.1 Å². The standard InChI is InChI=1S/C14H20N4O5S/c15-14(7-1-2-8-14)13(19)16-9-10-17-24(22,23)12-5-3-11(4-6-12)18(20)21/h3-6,17H,1-2,7-10,15H2,(H,16,19). The number of nitrogens with one attached hydrogen (secondary N) is 2. The molecule has 0 unspecified atom stereocenters. The zero-order valence-electron chi connectivity index (χ0n) is 13.0. The number of hydrogen-bond donors (Lipinski definition) is 3. The number of benzene rings is 1. The number of amides is 1. The Labute approximate surface area is 139 Å². The highest BCUT2D eigenvalue weighted by Gasteiger charge is 2.36. The van der Waals surface area contributed by atoms with Crippen LogP contribution in [0.1, 0.15) is 25.7 Å². The third kappa shape index (κ3) is 4.28. The molecule has 1 aliphatic carbocycles. The fourth-order valence-electron chi connectivity index (χ4n) is 2.60. The number of carbonyl (C=O) groups excluding carboxylic acids is 1. The molecule has 9 nitrogen and oxygen atoms in total. The van der Waals surface area contributed by atoms with E-state index in [-0.39, 0.29) is 29.6 Å². The van der Waals surface area contributed by atoms with E-state index in [0.29, 0.717) is 12.8 Å². The molecule has 1 fully saturated rings. The summed E-state index contributed by atoms with van der Waals surface area (Å²) < 4.78 is 26.4. The fraction of sp³-hybridized carbons (Fsp3) is 0.500. The third-order valence-electron chi connectivity index (χ3n) is 4.01. The quantitative estimate of drug-likeness (QED) is 0.363. The van der Waals surface area contributed by atoms with Crippen molar-refractivity contribution in [1.29, 1.82) is 0 Å². The van der Waals surface area contributed by atoms with Gasteiger partial charge in [0, 0.05) is 25.2 Å². The number of nitro benzene ring substituents is 1. The van der Waals surface area contributed by atoms with Crippen LogP contribution in [-0.2, 0) is 14.8 Å². The predicted molar refractivity (Wildman–Crippen MR) is 86.7 cm³/mol. The molecular weight excluding hydrogens is 336 g/mol. The number of nitrogens with zero attached hydrogens (tertiary/aromatic N) is 1. The van der Waals surface area contributed by atoms with Gasteiger partial charge in [0.25, 0.3) is 5.69 Å². The zero-order valence-corrected chi connectivity index (χ0v) is 13.8.